The van der Waals surface area contributed by atoms with E-state index in [0.29, 0.717) is 28.0 Å². The van der Waals surface area contributed by atoms with E-state index in [1.807, 2.05) is 0 Å². The zero-order valence-corrected chi connectivity index (χ0v) is 10.4. The van der Waals surface area contributed by atoms with Crippen molar-refractivity contribution in [3.63, 3.8) is 0 Å². The minimum absolute atomic E-state index is 0.0525. The Morgan fingerprint density at radius 2 is 2.21 bits per heavy atom. The number of non-ortho nitro benzene ring substituents is 1. The third kappa shape index (κ3) is 1.82. The van der Waals surface area contributed by atoms with Crippen molar-refractivity contribution >= 4 is 23.1 Å². The molecule has 0 unspecified atom stereocenters. The Labute approximate surface area is 111 Å². The van der Waals surface area contributed by atoms with E-state index in [2.05, 4.69) is 20.3 Å². The Balaban J connectivity index is 2.19. The predicted molar refractivity (Wildman–Crippen MR) is 67.0 cm³/mol. The Morgan fingerprint density at radius 3 is 2.89 bits per heavy atom. The molecule has 0 radical (unpaired) electrons. The Hall–Kier alpha value is -2.48. The maximum absolute atomic E-state index is 10.8. The highest BCUT2D eigenvalue weighted by Crippen LogP contribution is 2.29. The van der Waals surface area contributed by atoms with Crippen LogP contribution < -0.4 is 0 Å². The molecule has 0 amide bonds. The Bertz CT molecular complexity index is 793. The van der Waals surface area contributed by atoms with Crippen LogP contribution in [0.1, 0.15) is 5.82 Å². The number of H-pyrrole nitrogens is 1. The summed E-state index contributed by atoms with van der Waals surface area (Å²) >= 11 is 6.04. The van der Waals surface area contributed by atoms with Crippen molar-refractivity contribution in [2.24, 2.45) is 0 Å². The number of nitrogens with zero attached hydrogens (tertiary/aromatic N) is 5. The number of nitro groups is 1. The van der Waals surface area contributed by atoms with Crippen molar-refractivity contribution < 1.29 is 4.92 Å². The minimum Gasteiger partial charge on any atom is -0.272 e. The summed E-state index contributed by atoms with van der Waals surface area (Å²) in [6.45, 7) is 1.76. The average Bonchev–Trinajstić information content (AvgIpc) is 2.92. The van der Waals surface area contributed by atoms with Gasteiger partial charge in [0.1, 0.15) is 0 Å². The van der Waals surface area contributed by atoms with Gasteiger partial charge in [0.05, 0.1) is 9.95 Å². The predicted octanol–water partition coefficient (Wildman–Crippen LogP) is 1.99. The number of benzene rings is 1. The van der Waals surface area contributed by atoms with Crippen molar-refractivity contribution in [1.29, 1.82) is 0 Å². The monoisotopic (exact) mass is 278 g/mol. The highest BCUT2D eigenvalue weighted by Gasteiger charge is 2.15. The third-order valence-corrected chi connectivity index (χ3v) is 2.98. The average molecular weight is 279 g/mol. The van der Waals surface area contributed by atoms with Crippen LogP contribution >= 0.6 is 11.6 Å². The van der Waals surface area contributed by atoms with Crippen LogP contribution in [-0.4, -0.2) is 29.7 Å². The molecule has 2 aromatic heterocycles. The molecule has 96 valence electrons. The number of halogens is 1. The maximum Gasteiger partial charge on any atom is 0.272 e. The van der Waals surface area contributed by atoms with Gasteiger partial charge in [0.2, 0.25) is 0 Å². The summed E-state index contributed by atoms with van der Waals surface area (Å²) in [5.74, 6) is 1.42. The molecule has 3 rings (SSSR count). The molecule has 0 saturated carbocycles. The van der Waals surface area contributed by atoms with Gasteiger partial charge in [-0.1, -0.05) is 11.6 Å². The molecule has 0 aliphatic carbocycles. The molecule has 2 heterocycles. The molecule has 1 N–H and O–H groups in total. The molecule has 1 aromatic carbocycles. The van der Waals surface area contributed by atoms with Gasteiger partial charge in [0.25, 0.3) is 11.5 Å². The minimum atomic E-state index is -0.485. The molecule has 3 aromatic rings. The van der Waals surface area contributed by atoms with E-state index < -0.39 is 4.92 Å². The highest BCUT2D eigenvalue weighted by molar-refractivity contribution is 6.33. The van der Waals surface area contributed by atoms with Gasteiger partial charge in [0.15, 0.2) is 11.6 Å². The fourth-order valence-corrected chi connectivity index (χ4v) is 1.92. The normalized spacial score (nSPS) is 11.1. The number of nitro benzene ring substituents is 1. The summed E-state index contributed by atoms with van der Waals surface area (Å²) in [6.07, 6.45) is 0. The topological polar surface area (TPSA) is 102 Å². The quantitative estimate of drug-likeness (QED) is 0.570. The summed E-state index contributed by atoms with van der Waals surface area (Å²) in [5.41, 5.74) is 0.393. The van der Waals surface area contributed by atoms with Crippen molar-refractivity contribution in [3.8, 4) is 11.4 Å². The van der Waals surface area contributed by atoms with Crippen LogP contribution in [0.5, 0.6) is 0 Å². The van der Waals surface area contributed by atoms with Crippen molar-refractivity contribution in [3.05, 3.63) is 39.2 Å². The fraction of sp³-hybridized carbons (Fsp3) is 0.100. The van der Waals surface area contributed by atoms with E-state index in [1.165, 1.54) is 18.2 Å². The van der Waals surface area contributed by atoms with E-state index in [9.17, 15) is 10.1 Å². The number of nitrogens with one attached hydrogen (secondary N) is 1. The Kier molecular flexibility index (Phi) is 2.46. The first-order valence-corrected chi connectivity index (χ1v) is 5.66. The van der Waals surface area contributed by atoms with E-state index in [0.717, 1.165) is 0 Å². The van der Waals surface area contributed by atoms with Crippen LogP contribution in [0.4, 0.5) is 5.69 Å². The fourth-order valence-electron chi connectivity index (χ4n) is 1.71. The van der Waals surface area contributed by atoms with E-state index in [4.69, 9.17) is 11.6 Å². The molecule has 8 nitrogen and oxygen atoms in total. The van der Waals surface area contributed by atoms with Crippen molar-refractivity contribution in [2.45, 2.75) is 6.92 Å². The number of rotatable bonds is 2. The summed E-state index contributed by atoms with van der Waals surface area (Å²) in [6, 6.07) is 4.17. The van der Waals surface area contributed by atoms with Gasteiger partial charge in [-0.2, -0.15) is 4.98 Å². The second-order valence-electron chi connectivity index (χ2n) is 3.88. The van der Waals surface area contributed by atoms with Crippen LogP contribution in [-0.2, 0) is 0 Å². The van der Waals surface area contributed by atoms with Gasteiger partial charge < -0.3 is 0 Å². The third-order valence-electron chi connectivity index (χ3n) is 2.65. The summed E-state index contributed by atoms with van der Waals surface area (Å²) in [7, 11) is 0. The summed E-state index contributed by atoms with van der Waals surface area (Å²) < 4.78 is 1.57. The molecule has 9 heteroatoms. The molecule has 0 fully saturated rings. The molecule has 0 atom stereocenters. The molecule has 0 saturated heterocycles. The molecular formula is C10H7ClN6O2. The van der Waals surface area contributed by atoms with Crippen molar-refractivity contribution in [1.82, 2.24) is 24.8 Å². The van der Waals surface area contributed by atoms with E-state index in [1.54, 1.807) is 11.4 Å². The smallest absolute Gasteiger partial charge is 0.272 e. The summed E-state index contributed by atoms with van der Waals surface area (Å²) in [4.78, 5) is 14.5. The number of fused-ring (bicyclic) bond motifs is 1. The second kappa shape index (κ2) is 4.02. The van der Waals surface area contributed by atoms with Gasteiger partial charge in [-0.05, 0) is 13.0 Å². The van der Waals surface area contributed by atoms with Crippen LogP contribution in [0, 0.1) is 17.0 Å². The Morgan fingerprint density at radius 1 is 1.42 bits per heavy atom. The van der Waals surface area contributed by atoms with Crippen LogP contribution in [0.15, 0.2) is 18.2 Å². The van der Waals surface area contributed by atoms with Crippen molar-refractivity contribution in [2.75, 3.05) is 0 Å². The molecule has 0 aliphatic heterocycles. The first-order valence-electron chi connectivity index (χ1n) is 5.28. The van der Waals surface area contributed by atoms with Gasteiger partial charge in [-0.25, -0.2) is 4.52 Å². The van der Waals surface area contributed by atoms with E-state index in [-0.39, 0.29) is 5.69 Å². The molecule has 19 heavy (non-hydrogen) atoms. The maximum atomic E-state index is 10.8. The molecule has 0 aliphatic rings. The zero-order valence-electron chi connectivity index (χ0n) is 9.66. The number of aromatic nitrogens is 5. The van der Waals surface area contributed by atoms with Gasteiger partial charge in [-0.15, -0.1) is 10.2 Å². The lowest BCUT2D eigenvalue weighted by molar-refractivity contribution is -0.384. The molecule has 0 bridgehead atoms. The van der Waals surface area contributed by atoms with Crippen LogP contribution in [0.25, 0.3) is 17.2 Å². The van der Waals surface area contributed by atoms with E-state index >= 15 is 0 Å². The standard InChI is InChI=1S/C10H7ClN6O2/c1-5-13-14-10-12-9(15-16(5)10)7-4-6(17(18)19)2-3-8(7)11/h2-4H,1H3,(H,12,14,15). The lowest BCUT2D eigenvalue weighted by Crippen LogP contribution is -1.92. The number of hydrogen-bond acceptors (Lipinski definition) is 5. The lowest BCUT2D eigenvalue weighted by Gasteiger charge is -2.00. The largest absolute Gasteiger partial charge is 0.272 e. The molecular weight excluding hydrogens is 272 g/mol. The number of aromatic amines is 1. The summed E-state index contributed by atoms with van der Waals surface area (Å²) in [5, 5.41) is 21.8. The molecule has 0 spiro atoms. The van der Waals surface area contributed by atoms with Crippen LogP contribution in [0.3, 0.4) is 0 Å². The van der Waals surface area contributed by atoms with Gasteiger partial charge in [-0.3, -0.25) is 15.2 Å². The number of hydrogen-bond donors (Lipinski definition) is 1. The highest BCUT2D eigenvalue weighted by atomic mass is 35.5. The SMILES string of the molecule is Cc1nnc2nc(-c3cc([N+](=O)[O-])ccc3Cl)[nH]n12. The van der Waals surface area contributed by atoms with Crippen LogP contribution in [0.2, 0.25) is 5.02 Å². The van der Waals surface area contributed by atoms with Gasteiger partial charge >= 0.3 is 0 Å². The lowest BCUT2D eigenvalue weighted by atomic mass is 10.2. The second-order valence-corrected chi connectivity index (χ2v) is 4.28. The zero-order chi connectivity index (χ0) is 13.6. The number of aryl methyl sites for hydroxylation is 1. The first-order chi connectivity index (χ1) is 9.06. The van der Waals surface area contributed by atoms with Gasteiger partial charge in [0, 0.05) is 17.7 Å². The first kappa shape index (κ1) is 11.6.